The van der Waals surface area contributed by atoms with Crippen molar-refractivity contribution >= 4 is 22.0 Å². The lowest BCUT2D eigenvalue weighted by atomic mass is 10.1. The van der Waals surface area contributed by atoms with Gasteiger partial charge in [-0.15, -0.1) is 5.10 Å². The van der Waals surface area contributed by atoms with Gasteiger partial charge in [0, 0.05) is 24.3 Å². The molecule has 2 aromatic heterocycles. The zero-order valence-corrected chi connectivity index (χ0v) is 13.0. The fourth-order valence-electron chi connectivity index (χ4n) is 2.57. The fourth-order valence-corrected chi connectivity index (χ4v) is 3.27. The summed E-state index contributed by atoms with van der Waals surface area (Å²) in [4.78, 5) is 7.78. The predicted octanol–water partition coefficient (Wildman–Crippen LogP) is 2.30. The average molecular weight is 316 g/mol. The molecule has 1 saturated heterocycles. The number of methoxy groups -OCH3 is 1. The Morgan fingerprint density at radius 3 is 2.64 bits per heavy atom. The van der Waals surface area contributed by atoms with Crippen LogP contribution in [-0.2, 0) is 4.74 Å². The van der Waals surface area contributed by atoms with Gasteiger partial charge in [0.05, 0.1) is 32.2 Å². The van der Waals surface area contributed by atoms with Crippen molar-refractivity contribution < 1.29 is 9.47 Å². The highest BCUT2D eigenvalue weighted by molar-refractivity contribution is 7.18. The number of benzene rings is 1. The SMILES string of the molecule is COc1nn2cc(-c3ccc(N4CCOCC4)cc3)nc2s1. The molecule has 1 fully saturated rings. The quantitative estimate of drug-likeness (QED) is 0.742. The normalized spacial score (nSPS) is 15.4. The van der Waals surface area contributed by atoms with E-state index < -0.39 is 0 Å². The van der Waals surface area contributed by atoms with E-state index in [1.54, 1.807) is 11.6 Å². The van der Waals surface area contributed by atoms with Crippen molar-refractivity contribution in [3.8, 4) is 16.5 Å². The van der Waals surface area contributed by atoms with Crippen molar-refractivity contribution in [1.29, 1.82) is 0 Å². The third kappa shape index (κ3) is 2.42. The summed E-state index contributed by atoms with van der Waals surface area (Å²) in [5, 5.41) is 4.92. The number of hydrogen-bond donors (Lipinski definition) is 0. The zero-order valence-electron chi connectivity index (χ0n) is 12.2. The van der Waals surface area contributed by atoms with E-state index in [1.165, 1.54) is 17.0 Å². The van der Waals surface area contributed by atoms with Gasteiger partial charge >= 0.3 is 0 Å². The lowest BCUT2D eigenvalue weighted by molar-refractivity contribution is 0.122. The van der Waals surface area contributed by atoms with Gasteiger partial charge in [-0.05, 0) is 23.5 Å². The maximum atomic E-state index is 5.39. The van der Waals surface area contributed by atoms with Crippen LogP contribution in [-0.4, -0.2) is 48.0 Å². The third-order valence-corrected chi connectivity index (χ3v) is 4.62. The van der Waals surface area contributed by atoms with Crippen molar-refractivity contribution in [3.05, 3.63) is 30.5 Å². The van der Waals surface area contributed by atoms with Crippen LogP contribution in [0, 0.1) is 0 Å². The molecule has 0 amide bonds. The average Bonchev–Trinajstić information content (AvgIpc) is 3.14. The summed E-state index contributed by atoms with van der Waals surface area (Å²) in [6, 6.07) is 8.49. The molecule has 22 heavy (non-hydrogen) atoms. The lowest BCUT2D eigenvalue weighted by Crippen LogP contribution is -2.36. The number of aromatic nitrogens is 3. The number of anilines is 1. The second-order valence-electron chi connectivity index (χ2n) is 5.07. The van der Waals surface area contributed by atoms with Gasteiger partial charge in [0.25, 0.3) is 5.19 Å². The van der Waals surface area contributed by atoms with E-state index in [2.05, 4.69) is 39.2 Å². The standard InChI is InChI=1S/C15H16N4O2S/c1-20-15-17-19-10-13(16-14(19)22-15)11-2-4-12(5-3-11)18-6-8-21-9-7-18/h2-5,10H,6-9H2,1H3. The Morgan fingerprint density at radius 1 is 1.18 bits per heavy atom. The monoisotopic (exact) mass is 316 g/mol. The molecule has 3 aromatic rings. The van der Waals surface area contributed by atoms with Crippen LogP contribution in [0.25, 0.3) is 16.2 Å². The summed E-state index contributed by atoms with van der Waals surface area (Å²) in [5.74, 6) is 0. The fraction of sp³-hybridized carbons (Fsp3) is 0.333. The van der Waals surface area contributed by atoms with Crippen LogP contribution >= 0.6 is 11.3 Å². The second-order valence-corrected chi connectivity index (χ2v) is 5.99. The first-order chi connectivity index (χ1) is 10.8. The van der Waals surface area contributed by atoms with Gasteiger partial charge < -0.3 is 14.4 Å². The summed E-state index contributed by atoms with van der Waals surface area (Å²) in [5.41, 5.74) is 3.25. The Labute approximate surface area is 131 Å². The highest BCUT2D eigenvalue weighted by Gasteiger charge is 2.13. The molecule has 0 bridgehead atoms. The van der Waals surface area contributed by atoms with E-state index in [0.29, 0.717) is 5.19 Å². The maximum absolute atomic E-state index is 5.39. The molecule has 4 rings (SSSR count). The minimum Gasteiger partial charge on any atom is -0.472 e. The van der Waals surface area contributed by atoms with E-state index in [4.69, 9.17) is 9.47 Å². The zero-order chi connectivity index (χ0) is 14.9. The van der Waals surface area contributed by atoms with Crippen LogP contribution < -0.4 is 9.64 Å². The first kappa shape index (κ1) is 13.5. The Bertz CT molecular complexity index is 743. The van der Waals surface area contributed by atoms with Gasteiger partial charge in [-0.25, -0.2) is 9.50 Å². The smallest absolute Gasteiger partial charge is 0.294 e. The molecule has 6 nitrogen and oxygen atoms in total. The van der Waals surface area contributed by atoms with E-state index in [0.717, 1.165) is 42.5 Å². The Hall–Kier alpha value is -2.12. The Morgan fingerprint density at radius 2 is 1.95 bits per heavy atom. The molecule has 3 heterocycles. The van der Waals surface area contributed by atoms with Crippen LogP contribution in [0.1, 0.15) is 0 Å². The first-order valence-corrected chi connectivity index (χ1v) is 7.98. The molecule has 1 aliphatic heterocycles. The molecule has 0 aliphatic carbocycles. The Balaban J connectivity index is 1.59. The molecule has 0 unspecified atom stereocenters. The molecular formula is C15H16N4O2S. The summed E-state index contributed by atoms with van der Waals surface area (Å²) < 4.78 is 12.3. The van der Waals surface area contributed by atoms with Gasteiger partial charge in [-0.2, -0.15) is 0 Å². The van der Waals surface area contributed by atoms with Crippen LogP contribution in [0.5, 0.6) is 5.19 Å². The molecule has 114 valence electrons. The van der Waals surface area contributed by atoms with Crippen LogP contribution in [0.15, 0.2) is 30.5 Å². The molecule has 0 radical (unpaired) electrons. The van der Waals surface area contributed by atoms with Gasteiger partial charge in [-0.1, -0.05) is 12.1 Å². The van der Waals surface area contributed by atoms with Crippen molar-refractivity contribution in [2.45, 2.75) is 0 Å². The van der Waals surface area contributed by atoms with E-state index in [1.807, 2.05) is 6.20 Å². The van der Waals surface area contributed by atoms with E-state index >= 15 is 0 Å². The lowest BCUT2D eigenvalue weighted by Gasteiger charge is -2.28. The maximum Gasteiger partial charge on any atom is 0.294 e. The molecule has 1 aromatic carbocycles. The van der Waals surface area contributed by atoms with Crippen molar-refractivity contribution in [3.63, 3.8) is 0 Å². The number of nitrogens with zero attached hydrogens (tertiary/aromatic N) is 4. The van der Waals surface area contributed by atoms with Crippen LogP contribution in [0.3, 0.4) is 0 Å². The summed E-state index contributed by atoms with van der Waals surface area (Å²) in [7, 11) is 1.61. The molecular weight excluding hydrogens is 300 g/mol. The predicted molar refractivity (Wildman–Crippen MR) is 85.9 cm³/mol. The van der Waals surface area contributed by atoms with E-state index in [9.17, 15) is 0 Å². The summed E-state index contributed by atoms with van der Waals surface area (Å²) >= 11 is 1.44. The third-order valence-electron chi connectivity index (χ3n) is 3.74. The first-order valence-electron chi connectivity index (χ1n) is 7.17. The molecule has 7 heteroatoms. The highest BCUT2D eigenvalue weighted by Crippen LogP contribution is 2.27. The number of fused-ring (bicyclic) bond motifs is 1. The Kier molecular flexibility index (Phi) is 3.44. The van der Waals surface area contributed by atoms with Crippen molar-refractivity contribution in [2.24, 2.45) is 0 Å². The van der Waals surface area contributed by atoms with E-state index in [-0.39, 0.29) is 0 Å². The van der Waals surface area contributed by atoms with Gasteiger partial charge in [0.2, 0.25) is 4.96 Å². The molecule has 0 spiro atoms. The van der Waals surface area contributed by atoms with Crippen LogP contribution in [0.4, 0.5) is 5.69 Å². The molecule has 0 N–H and O–H groups in total. The summed E-state index contributed by atoms with van der Waals surface area (Å²) in [6.45, 7) is 3.49. The largest absolute Gasteiger partial charge is 0.472 e. The number of morpholine rings is 1. The van der Waals surface area contributed by atoms with Crippen molar-refractivity contribution in [2.75, 3.05) is 38.3 Å². The topological polar surface area (TPSA) is 51.9 Å². The van der Waals surface area contributed by atoms with Crippen molar-refractivity contribution in [1.82, 2.24) is 14.6 Å². The summed E-state index contributed by atoms with van der Waals surface area (Å²) in [6.07, 6.45) is 1.93. The molecule has 0 atom stereocenters. The van der Waals surface area contributed by atoms with Gasteiger partial charge in [0.1, 0.15) is 0 Å². The van der Waals surface area contributed by atoms with Crippen LogP contribution in [0.2, 0.25) is 0 Å². The number of hydrogen-bond acceptors (Lipinski definition) is 6. The highest BCUT2D eigenvalue weighted by atomic mass is 32.1. The second kappa shape index (κ2) is 5.58. The molecule has 0 saturated carbocycles. The molecule has 1 aliphatic rings. The minimum absolute atomic E-state index is 0.622. The number of ether oxygens (including phenoxy) is 2. The van der Waals surface area contributed by atoms with Gasteiger partial charge in [-0.3, -0.25) is 0 Å². The number of rotatable bonds is 3. The van der Waals surface area contributed by atoms with Gasteiger partial charge in [0.15, 0.2) is 0 Å². The number of imidazole rings is 1. The minimum atomic E-state index is 0.622.